The van der Waals surface area contributed by atoms with Gasteiger partial charge in [-0.25, -0.2) is 17.8 Å². The summed E-state index contributed by atoms with van der Waals surface area (Å²) in [7, 11) is -3.87. The first-order valence-corrected chi connectivity index (χ1v) is 7.36. The van der Waals surface area contributed by atoms with E-state index in [1.807, 2.05) is 0 Å². The maximum absolute atomic E-state index is 12.7. The van der Waals surface area contributed by atoms with E-state index >= 15 is 0 Å². The lowest BCUT2D eigenvalue weighted by Crippen LogP contribution is -2.15. The summed E-state index contributed by atoms with van der Waals surface area (Å²) in [5.74, 6) is -0.542. The van der Waals surface area contributed by atoms with Crippen molar-refractivity contribution in [1.29, 1.82) is 0 Å². The first-order valence-electron chi connectivity index (χ1n) is 5.49. The number of nitrogen functional groups attached to an aromatic ring is 1. The minimum absolute atomic E-state index is 0.00877. The smallest absolute Gasteiger partial charge is 0.263 e. The van der Waals surface area contributed by atoms with E-state index in [4.69, 9.17) is 17.3 Å². The van der Waals surface area contributed by atoms with Crippen LogP contribution in [0.1, 0.15) is 5.56 Å². The van der Waals surface area contributed by atoms with Gasteiger partial charge < -0.3 is 5.73 Å². The molecule has 0 aliphatic rings. The SMILES string of the molecule is Cc1cc(Cl)c(N)cc1S(=O)(=O)Nc1ccc(F)cn1. The second-order valence-electron chi connectivity index (χ2n) is 4.11. The summed E-state index contributed by atoms with van der Waals surface area (Å²) in [6, 6.07) is 5.06. The van der Waals surface area contributed by atoms with Crippen LogP contribution in [0.3, 0.4) is 0 Å². The van der Waals surface area contributed by atoms with Crippen LogP contribution in [0.5, 0.6) is 0 Å². The molecule has 0 spiro atoms. The van der Waals surface area contributed by atoms with Gasteiger partial charge >= 0.3 is 0 Å². The third kappa shape index (κ3) is 3.00. The average molecular weight is 316 g/mol. The third-order valence-electron chi connectivity index (χ3n) is 2.55. The van der Waals surface area contributed by atoms with Gasteiger partial charge in [-0.2, -0.15) is 0 Å². The third-order valence-corrected chi connectivity index (χ3v) is 4.37. The Morgan fingerprint density at radius 1 is 1.35 bits per heavy atom. The predicted molar refractivity (Wildman–Crippen MR) is 75.6 cm³/mol. The van der Waals surface area contributed by atoms with Crippen LogP contribution in [0.2, 0.25) is 5.02 Å². The van der Waals surface area contributed by atoms with Crippen molar-refractivity contribution in [2.75, 3.05) is 10.5 Å². The van der Waals surface area contributed by atoms with Gasteiger partial charge in [0.2, 0.25) is 0 Å². The van der Waals surface area contributed by atoms with Gasteiger partial charge in [-0.05, 0) is 36.8 Å². The molecular weight excluding hydrogens is 305 g/mol. The fraction of sp³-hybridized carbons (Fsp3) is 0.0833. The van der Waals surface area contributed by atoms with Crippen molar-refractivity contribution in [2.24, 2.45) is 0 Å². The first kappa shape index (κ1) is 14.5. The monoisotopic (exact) mass is 315 g/mol. The van der Waals surface area contributed by atoms with Gasteiger partial charge in [0.1, 0.15) is 11.6 Å². The van der Waals surface area contributed by atoms with Gasteiger partial charge in [0, 0.05) is 0 Å². The first-order chi connectivity index (χ1) is 9.29. The van der Waals surface area contributed by atoms with Crippen LogP contribution in [0.4, 0.5) is 15.9 Å². The number of aryl methyl sites for hydroxylation is 1. The summed E-state index contributed by atoms with van der Waals surface area (Å²) in [5, 5.41) is 0.279. The van der Waals surface area contributed by atoms with Crippen LogP contribution in [0.25, 0.3) is 0 Å². The Labute approximate surface area is 120 Å². The zero-order chi connectivity index (χ0) is 14.9. The Morgan fingerprint density at radius 3 is 2.65 bits per heavy atom. The molecular formula is C12H11ClFN3O2S. The summed E-state index contributed by atoms with van der Waals surface area (Å²) in [6.45, 7) is 1.60. The maximum Gasteiger partial charge on any atom is 0.263 e. The highest BCUT2D eigenvalue weighted by Gasteiger charge is 2.19. The van der Waals surface area contributed by atoms with E-state index in [9.17, 15) is 12.8 Å². The number of anilines is 2. The Bertz CT molecular complexity index is 748. The minimum atomic E-state index is -3.87. The molecule has 8 heteroatoms. The molecule has 1 aromatic heterocycles. The van der Waals surface area contributed by atoms with Crippen molar-refractivity contribution in [3.05, 3.63) is 46.9 Å². The van der Waals surface area contributed by atoms with E-state index in [0.29, 0.717) is 5.56 Å². The van der Waals surface area contributed by atoms with E-state index in [0.717, 1.165) is 12.3 Å². The molecule has 0 aliphatic heterocycles. The summed E-state index contributed by atoms with van der Waals surface area (Å²) in [5.41, 5.74) is 6.21. The average Bonchev–Trinajstić information content (AvgIpc) is 2.36. The van der Waals surface area contributed by atoms with Crippen molar-refractivity contribution >= 4 is 33.1 Å². The molecule has 0 amide bonds. The summed E-state index contributed by atoms with van der Waals surface area (Å²) in [6.07, 6.45) is 0.918. The highest BCUT2D eigenvalue weighted by molar-refractivity contribution is 7.92. The molecule has 1 aromatic carbocycles. The van der Waals surface area contributed by atoms with Crippen LogP contribution in [0.15, 0.2) is 35.4 Å². The highest BCUT2D eigenvalue weighted by atomic mass is 35.5. The van der Waals surface area contributed by atoms with Crippen molar-refractivity contribution in [3.63, 3.8) is 0 Å². The van der Waals surface area contributed by atoms with Crippen molar-refractivity contribution in [3.8, 4) is 0 Å². The Balaban J connectivity index is 2.40. The lowest BCUT2D eigenvalue weighted by Gasteiger charge is -2.11. The van der Waals surface area contributed by atoms with Crippen molar-refractivity contribution in [1.82, 2.24) is 4.98 Å². The van der Waals surface area contributed by atoms with Crippen LogP contribution in [-0.2, 0) is 10.0 Å². The molecule has 2 rings (SSSR count). The van der Waals surface area contributed by atoms with Crippen molar-refractivity contribution in [2.45, 2.75) is 11.8 Å². The van der Waals surface area contributed by atoms with Gasteiger partial charge in [-0.1, -0.05) is 11.6 Å². The molecule has 1 heterocycles. The fourth-order valence-electron chi connectivity index (χ4n) is 1.59. The molecule has 0 bridgehead atoms. The zero-order valence-electron chi connectivity index (χ0n) is 10.4. The number of pyridine rings is 1. The molecule has 2 aromatic rings. The standard InChI is InChI=1S/C12H11ClFN3O2S/c1-7-4-9(13)10(15)5-11(7)20(18,19)17-12-3-2-8(14)6-16-12/h2-6H,15H2,1H3,(H,16,17). The van der Waals surface area contributed by atoms with Crippen LogP contribution in [0, 0.1) is 12.7 Å². The lowest BCUT2D eigenvalue weighted by atomic mass is 10.2. The number of nitrogens with one attached hydrogen (secondary N) is 1. The maximum atomic E-state index is 12.7. The molecule has 0 aliphatic carbocycles. The van der Waals surface area contributed by atoms with E-state index < -0.39 is 15.8 Å². The summed E-state index contributed by atoms with van der Waals surface area (Å²) >= 11 is 5.82. The fourth-order valence-corrected chi connectivity index (χ4v) is 3.08. The van der Waals surface area contributed by atoms with Gasteiger partial charge in [0.05, 0.1) is 21.8 Å². The van der Waals surface area contributed by atoms with E-state index in [1.165, 1.54) is 18.2 Å². The molecule has 0 atom stereocenters. The number of hydrogen-bond donors (Lipinski definition) is 2. The number of nitrogens with zero attached hydrogens (tertiary/aromatic N) is 1. The number of rotatable bonds is 3. The van der Waals surface area contributed by atoms with Gasteiger partial charge in [-0.15, -0.1) is 0 Å². The van der Waals surface area contributed by atoms with E-state index in [1.54, 1.807) is 6.92 Å². The Morgan fingerprint density at radius 2 is 2.05 bits per heavy atom. The predicted octanol–water partition coefficient (Wildman–Crippen LogP) is 2.57. The largest absolute Gasteiger partial charge is 0.397 e. The zero-order valence-corrected chi connectivity index (χ0v) is 12.0. The van der Waals surface area contributed by atoms with Crippen molar-refractivity contribution < 1.29 is 12.8 Å². The highest BCUT2D eigenvalue weighted by Crippen LogP contribution is 2.27. The Kier molecular flexibility index (Phi) is 3.82. The molecule has 3 N–H and O–H groups in total. The minimum Gasteiger partial charge on any atom is -0.397 e. The van der Waals surface area contributed by atoms with Crippen LogP contribution >= 0.6 is 11.6 Å². The number of halogens is 2. The summed E-state index contributed by atoms with van der Waals surface area (Å²) in [4.78, 5) is 3.63. The molecule has 0 fully saturated rings. The Hall–Kier alpha value is -1.86. The van der Waals surface area contributed by atoms with E-state index in [2.05, 4.69) is 9.71 Å². The van der Waals surface area contributed by atoms with E-state index in [-0.39, 0.29) is 21.4 Å². The topological polar surface area (TPSA) is 85.1 Å². The lowest BCUT2D eigenvalue weighted by molar-refractivity contribution is 0.600. The number of nitrogens with two attached hydrogens (primary N) is 1. The molecule has 106 valence electrons. The molecule has 0 unspecified atom stereocenters. The summed E-state index contributed by atoms with van der Waals surface area (Å²) < 4.78 is 39.4. The second-order valence-corrected chi connectivity index (χ2v) is 6.16. The molecule has 20 heavy (non-hydrogen) atoms. The normalized spacial score (nSPS) is 11.3. The van der Waals surface area contributed by atoms with Crippen LogP contribution < -0.4 is 10.5 Å². The number of benzene rings is 1. The van der Waals surface area contributed by atoms with Gasteiger partial charge in [0.15, 0.2) is 0 Å². The van der Waals surface area contributed by atoms with Gasteiger partial charge in [0.25, 0.3) is 10.0 Å². The van der Waals surface area contributed by atoms with Crippen LogP contribution in [-0.4, -0.2) is 13.4 Å². The number of sulfonamides is 1. The number of hydrogen-bond acceptors (Lipinski definition) is 4. The molecule has 0 saturated carbocycles. The molecule has 0 saturated heterocycles. The quantitative estimate of drug-likeness (QED) is 0.852. The van der Waals surface area contributed by atoms with Gasteiger partial charge in [-0.3, -0.25) is 4.72 Å². The number of aromatic nitrogens is 1. The molecule has 0 radical (unpaired) electrons. The second kappa shape index (κ2) is 5.26. The molecule has 5 nitrogen and oxygen atoms in total.